The molecule has 0 fully saturated rings. The van der Waals surface area contributed by atoms with Gasteiger partial charge in [-0.1, -0.05) is 34.1 Å². The summed E-state index contributed by atoms with van der Waals surface area (Å²) in [6, 6.07) is 11.5. The van der Waals surface area contributed by atoms with Crippen LogP contribution in [-0.2, 0) is 15.8 Å². The minimum atomic E-state index is -4.40. The van der Waals surface area contributed by atoms with Gasteiger partial charge < -0.3 is 5.32 Å². The molecule has 0 aliphatic carbocycles. The molecule has 2 rings (SSSR count). The van der Waals surface area contributed by atoms with Crippen LogP contribution in [0.4, 0.5) is 18.9 Å². The van der Waals surface area contributed by atoms with E-state index in [1.54, 1.807) is 18.2 Å². The molecular weight excluding hydrogens is 439 g/mol. The maximum absolute atomic E-state index is 12.5. The van der Waals surface area contributed by atoms with Crippen LogP contribution in [0.3, 0.4) is 0 Å². The molecule has 0 atom stereocenters. The van der Waals surface area contributed by atoms with Gasteiger partial charge in [-0.3, -0.25) is 9.59 Å². The zero-order chi connectivity index (χ0) is 20.6. The number of hydrogen-bond acceptors (Lipinski definition) is 3. The van der Waals surface area contributed by atoms with Gasteiger partial charge in [-0.15, -0.1) is 0 Å². The van der Waals surface area contributed by atoms with Gasteiger partial charge in [0.25, 0.3) is 0 Å². The summed E-state index contributed by atoms with van der Waals surface area (Å²) in [6.07, 6.45) is -2.55. The van der Waals surface area contributed by atoms with Crippen LogP contribution in [0.5, 0.6) is 0 Å². The molecule has 2 aromatic carbocycles. The van der Waals surface area contributed by atoms with E-state index in [0.717, 1.165) is 16.6 Å². The number of anilines is 1. The third kappa shape index (κ3) is 7.51. The molecule has 5 nitrogen and oxygen atoms in total. The lowest BCUT2D eigenvalue weighted by Gasteiger charge is -2.06. The van der Waals surface area contributed by atoms with E-state index in [1.165, 1.54) is 18.3 Å². The Hall–Kier alpha value is -2.68. The van der Waals surface area contributed by atoms with E-state index in [2.05, 4.69) is 31.8 Å². The first-order valence-electron chi connectivity index (χ1n) is 8.28. The number of nitrogens with zero attached hydrogens (tertiary/aromatic N) is 1. The minimum absolute atomic E-state index is 0.0935. The fraction of sp³-hybridized carbons (Fsp3) is 0.211. The maximum Gasteiger partial charge on any atom is 0.416 e. The summed E-state index contributed by atoms with van der Waals surface area (Å²) in [4.78, 5) is 23.5. The van der Waals surface area contributed by atoms with Crippen molar-refractivity contribution in [3.63, 3.8) is 0 Å². The Balaban J connectivity index is 1.69. The molecule has 0 saturated carbocycles. The van der Waals surface area contributed by atoms with Gasteiger partial charge >= 0.3 is 6.18 Å². The van der Waals surface area contributed by atoms with Crippen molar-refractivity contribution in [1.29, 1.82) is 0 Å². The van der Waals surface area contributed by atoms with Gasteiger partial charge in [-0.25, -0.2) is 5.43 Å². The molecule has 0 aliphatic rings. The van der Waals surface area contributed by atoms with Crippen molar-refractivity contribution in [2.24, 2.45) is 5.10 Å². The van der Waals surface area contributed by atoms with Gasteiger partial charge in [0.1, 0.15) is 0 Å². The number of alkyl halides is 3. The summed E-state index contributed by atoms with van der Waals surface area (Å²) in [6.45, 7) is 0. The zero-order valence-electron chi connectivity index (χ0n) is 14.6. The Morgan fingerprint density at radius 1 is 1.04 bits per heavy atom. The molecule has 0 radical (unpaired) electrons. The first-order chi connectivity index (χ1) is 13.2. The van der Waals surface area contributed by atoms with Crippen LogP contribution in [0, 0.1) is 0 Å². The lowest BCUT2D eigenvalue weighted by molar-refractivity contribution is -0.137. The van der Waals surface area contributed by atoms with E-state index in [4.69, 9.17) is 0 Å². The van der Waals surface area contributed by atoms with Gasteiger partial charge in [0, 0.05) is 23.0 Å². The lowest BCUT2D eigenvalue weighted by Crippen LogP contribution is -2.18. The molecule has 148 valence electrons. The minimum Gasteiger partial charge on any atom is -0.326 e. The van der Waals surface area contributed by atoms with Crippen LogP contribution in [0.1, 0.15) is 30.4 Å². The largest absolute Gasteiger partial charge is 0.416 e. The first kappa shape index (κ1) is 21.6. The second-order valence-electron chi connectivity index (χ2n) is 5.83. The molecule has 28 heavy (non-hydrogen) atoms. The molecular formula is C19H17BrF3N3O2. The number of hydrogen-bond donors (Lipinski definition) is 2. The molecule has 0 unspecified atom stereocenters. The Labute approximate surface area is 168 Å². The SMILES string of the molecule is O=C(CCCC(=O)Nc1cccc(Br)c1)N/N=C\c1ccc(C(F)(F)F)cc1. The molecule has 9 heteroatoms. The highest BCUT2D eigenvalue weighted by Gasteiger charge is 2.29. The topological polar surface area (TPSA) is 70.6 Å². The number of benzene rings is 2. The summed E-state index contributed by atoms with van der Waals surface area (Å²) < 4.78 is 38.3. The average molecular weight is 456 g/mol. The van der Waals surface area contributed by atoms with E-state index in [1.807, 2.05) is 6.07 Å². The Kier molecular flexibility index (Phi) is 7.74. The van der Waals surface area contributed by atoms with Crippen molar-refractivity contribution in [1.82, 2.24) is 5.43 Å². The highest BCUT2D eigenvalue weighted by Crippen LogP contribution is 2.28. The molecule has 0 heterocycles. The van der Waals surface area contributed by atoms with Crippen LogP contribution >= 0.6 is 15.9 Å². The summed E-state index contributed by atoms with van der Waals surface area (Å²) in [5.41, 5.74) is 2.60. The summed E-state index contributed by atoms with van der Waals surface area (Å²) in [7, 11) is 0. The number of nitrogens with one attached hydrogen (secondary N) is 2. The fourth-order valence-electron chi connectivity index (χ4n) is 2.19. The van der Waals surface area contributed by atoms with Crippen molar-refractivity contribution >= 4 is 39.6 Å². The van der Waals surface area contributed by atoms with Crippen molar-refractivity contribution in [2.75, 3.05) is 5.32 Å². The Morgan fingerprint density at radius 2 is 1.71 bits per heavy atom. The van der Waals surface area contributed by atoms with Gasteiger partial charge in [0.15, 0.2) is 0 Å². The molecule has 0 saturated heterocycles. The van der Waals surface area contributed by atoms with Gasteiger partial charge in [0.05, 0.1) is 11.8 Å². The van der Waals surface area contributed by atoms with Crippen molar-refractivity contribution < 1.29 is 22.8 Å². The van der Waals surface area contributed by atoms with Crippen LogP contribution < -0.4 is 10.7 Å². The Bertz CT molecular complexity index is 852. The van der Waals surface area contributed by atoms with Crippen LogP contribution in [0.25, 0.3) is 0 Å². The van der Waals surface area contributed by atoms with E-state index in [0.29, 0.717) is 17.7 Å². The normalized spacial score (nSPS) is 11.4. The first-order valence-corrected chi connectivity index (χ1v) is 9.08. The molecule has 0 bridgehead atoms. The average Bonchev–Trinajstić information content (AvgIpc) is 2.61. The number of rotatable bonds is 7. The van der Waals surface area contributed by atoms with E-state index >= 15 is 0 Å². The molecule has 0 aliphatic heterocycles. The molecule has 0 aromatic heterocycles. The number of carbonyl (C=O) groups excluding carboxylic acids is 2. The smallest absolute Gasteiger partial charge is 0.326 e. The van der Waals surface area contributed by atoms with Crippen molar-refractivity contribution in [3.05, 3.63) is 64.1 Å². The summed E-state index contributed by atoms with van der Waals surface area (Å²) in [5, 5.41) is 6.42. The predicted octanol–water partition coefficient (Wildman–Crippen LogP) is 4.73. The van der Waals surface area contributed by atoms with Crippen molar-refractivity contribution in [2.45, 2.75) is 25.4 Å². The lowest BCUT2D eigenvalue weighted by atomic mass is 10.1. The van der Waals surface area contributed by atoms with Gasteiger partial charge in [-0.05, 0) is 42.3 Å². The van der Waals surface area contributed by atoms with E-state index in [-0.39, 0.29) is 18.7 Å². The second kappa shape index (κ2) is 10.0. The van der Waals surface area contributed by atoms with E-state index in [9.17, 15) is 22.8 Å². The number of carbonyl (C=O) groups is 2. The molecule has 2 N–H and O–H groups in total. The highest BCUT2D eigenvalue weighted by atomic mass is 79.9. The van der Waals surface area contributed by atoms with E-state index < -0.39 is 17.6 Å². The zero-order valence-corrected chi connectivity index (χ0v) is 16.2. The second-order valence-corrected chi connectivity index (χ2v) is 6.74. The summed E-state index contributed by atoms with van der Waals surface area (Å²) >= 11 is 3.31. The standard InChI is InChI=1S/C19H17BrF3N3O2/c20-15-3-1-4-16(11-15)25-17(27)5-2-6-18(28)26-24-12-13-7-9-14(10-8-13)19(21,22)23/h1,3-4,7-12H,2,5-6H2,(H,25,27)(H,26,28)/b24-12-. The van der Waals surface area contributed by atoms with Crippen LogP contribution in [0.2, 0.25) is 0 Å². The van der Waals surface area contributed by atoms with Gasteiger partial charge in [0.2, 0.25) is 11.8 Å². The van der Waals surface area contributed by atoms with Gasteiger partial charge in [-0.2, -0.15) is 18.3 Å². The third-order valence-electron chi connectivity index (χ3n) is 3.56. The maximum atomic E-state index is 12.5. The summed E-state index contributed by atoms with van der Waals surface area (Å²) in [5.74, 6) is -0.599. The Morgan fingerprint density at radius 3 is 2.36 bits per heavy atom. The highest BCUT2D eigenvalue weighted by molar-refractivity contribution is 9.10. The fourth-order valence-corrected chi connectivity index (χ4v) is 2.59. The molecule has 2 aromatic rings. The number of halogens is 4. The molecule has 0 spiro atoms. The quantitative estimate of drug-likeness (QED) is 0.468. The van der Waals surface area contributed by atoms with Crippen LogP contribution in [0.15, 0.2) is 58.1 Å². The monoisotopic (exact) mass is 455 g/mol. The van der Waals surface area contributed by atoms with Crippen molar-refractivity contribution in [3.8, 4) is 0 Å². The van der Waals surface area contributed by atoms with Crippen LogP contribution in [-0.4, -0.2) is 18.0 Å². The molecule has 2 amide bonds. The third-order valence-corrected chi connectivity index (χ3v) is 4.05. The number of hydrazone groups is 1. The predicted molar refractivity (Wildman–Crippen MR) is 104 cm³/mol. The number of amides is 2.